The molecule has 1 unspecified atom stereocenters. The molecule has 2 aliphatic rings. The summed E-state index contributed by atoms with van der Waals surface area (Å²) in [5.41, 5.74) is 11.1. The van der Waals surface area contributed by atoms with Gasteiger partial charge in [0.05, 0.1) is 0 Å². The molecule has 0 saturated carbocycles. The zero-order chi connectivity index (χ0) is 28.1. The van der Waals surface area contributed by atoms with Gasteiger partial charge in [0.15, 0.2) is 0 Å². The van der Waals surface area contributed by atoms with Crippen LogP contribution in [0.4, 0.5) is 0 Å². The van der Waals surface area contributed by atoms with Gasteiger partial charge in [0.2, 0.25) is 0 Å². The van der Waals surface area contributed by atoms with Crippen molar-refractivity contribution >= 4 is 32.2 Å². The highest BCUT2D eigenvalue weighted by molar-refractivity contribution is 14.2. The Hall–Kier alpha value is -4.76. The fraction of sp³-hybridized carbons (Fsp3) is 0.0571. The van der Waals surface area contributed by atoms with E-state index in [2.05, 4.69) is 73.5 Å². The maximum absolute atomic E-state index is 4.85. The van der Waals surface area contributed by atoms with E-state index in [9.17, 15) is 0 Å². The van der Waals surface area contributed by atoms with Crippen LogP contribution >= 0.6 is 21.0 Å². The van der Waals surface area contributed by atoms with Crippen molar-refractivity contribution in [2.45, 2.75) is 12.3 Å². The summed E-state index contributed by atoms with van der Waals surface area (Å²) in [6, 6.07) is 16.5. The van der Waals surface area contributed by atoms with Crippen LogP contribution in [0.15, 0.2) is 147 Å². The van der Waals surface area contributed by atoms with Gasteiger partial charge in [-0.25, -0.2) is 3.15 Å². The fourth-order valence-corrected chi connectivity index (χ4v) is 7.07. The Morgan fingerprint density at radius 3 is 1.88 bits per heavy atom. The Bertz CT molecular complexity index is 1890. The van der Waals surface area contributed by atoms with Crippen molar-refractivity contribution in [3.63, 3.8) is 0 Å². The molecule has 0 fully saturated rings. The molecule has 0 saturated heterocycles. The van der Waals surface area contributed by atoms with Crippen LogP contribution in [0.5, 0.6) is 0 Å². The molecule has 5 aromatic rings. The lowest BCUT2D eigenvalue weighted by Crippen LogP contribution is -2.06. The van der Waals surface area contributed by atoms with Gasteiger partial charge in [0, 0.05) is 138 Å². The highest BCUT2D eigenvalue weighted by atomic mass is 127. The Balaban J connectivity index is 1.31. The second-order valence-electron chi connectivity index (χ2n) is 10.1. The predicted molar refractivity (Wildman–Crippen MR) is 175 cm³/mol. The number of hydrogen-bond donors (Lipinski definition) is 0. The largest absolute Gasteiger partial charge is 0.264 e. The molecule has 0 bridgehead atoms. The van der Waals surface area contributed by atoms with Gasteiger partial charge in [-0.2, -0.15) is 0 Å². The van der Waals surface area contributed by atoms with Crippen LogP contribution in [0.2, 0.25) is 0 Å². The minimum atomic E-state index is -0.515. The molecule has 0 N–H and O–H groups in total. The molecular formula is C35H25IN6. The molecule has 202 valence electrons. The van der Waals surface area contributed by atoms with E-state index in [-0.39, 0.29) is 5.92 Å². The minimum absolute atomic E-state index is 0.142. The monoisotopic (exact) mass is 656 g/mol. The van der Waals surface area contributed by atoms with Crippen molar-refractivity contribution in [3.05, 3.63) is 161 Å². The van der Waals surface area contributed by atoms with Gasteiger partial charge in [0.25, 0.3) is 0 Å². The summed E-state index contributed by atoms with van der Waals surface area (Å²) in [4.78, 5) is 22.2. The molecule has 0 spiro atoms. The highest BCUT2D eigenvalue weighted by Gasteiger charge is 2.22. The molecule has 5 aromatic heterocycles. The Morgan fingerprint density at radius 1 is 0.571 bits per heavy atom. The van der Waals surface area contributed by atoms with Crippen molar-refractivity contribution in [2.75, 3.05) is 0 Å². The minimum Gasteiger partial charge on any atom is -0.264 e. The van der Waals surface area contributed by atoms with E-state index in [1.807, 2.05) is 67.8 Å². The molecule has 7 rings (SSSR count). The third kappa shape index (κ3) is 5.69. The van der Waals surface area contributed by atoms with Gasteiger partial charge in [0.1, 0.15) is 0 Å². The van der Waals surface area contributed by atoms with Gasteiger partial charge >= 0.3 is 0 Å². The van der Waals surface area contributed by atoms with Crippen molar-refractivity contribution in [2.24, 2.45) is 3.15 Å². The van der Waals surface area contributed by atoms with E-state index in [0.717, 1.165) is 50.9 Å². The van der Waals surface area contributed by atoms with Gasteiger partial charge in [-0.15, -0.1) is 0 Å². The molecule has 0 amide bonds. The average molecular weight is 657 g/mol. The maximum Gasteiger partial charge on any atom is 0.0409 e. The average Bonchev–Trinajstić information content (AvgIpc) is 3.09. The van der Waals surface area contributed by atoms with E-state index >= 15 is 0 Å². The van der Waals surface area contributed by atoms with Gasteiger partial charge in [-0.05, 0) is 59.5 Å². The van der Waals surface area contributed by atoms with Crippen LogP contribution in [0.1, 0.15) is 29.0 Å². The zero-order valence-corrected chi connectivity index (χ0v) is 24.7. The summed E-state index contributed by atoms with van der Waals surface area (Å²) in [6.07, 6.45) is 28.6. The van der Waals surface area contributed by atoms with Crippen LogP contribution in [0.3, 0.4) is 0 Å². The molecular weight excluding hydrogens is 631 g/mol. The summed E-state index contributed by atoms with van der Waals surface area (Å²) in [5, 5.41) is 0. The number of hydrogen-bond acceptors (Lipinski definition) is 6. The van der Waals surface area contributed by atoms with Crippen LogP contribution in [-0.4, -0.2) is 24.9 Å². The van der Waals surface area contributed by atoms with Crippen LogP contribution in [0.25, 0.3) is 33.4 Å². The maximum atomic E-state index is 4.85. The van der Waals surface area contributed by atoms with E-state index < -0.39 is 21.0 Å². The van der Waals surface area contributed by atoms with Crippen molar-refractivity contribution in [1.29, 1.82) is 0 Å². The summed E-state index contributed by atoms with van der Waals surface area (Å²) in [5.74, 6) is 0.142. The molecule has 42 heavy (non-hydrogen) atoms. The molecule has 6 heterocycles. The topological polar surface area (TPSA) is 76.8 Å². The number of aromatic nitrogens is 5. The first kappa shape index (κ1) is 26.2. The SMILES string of the molecule is C1=C(C2=CC(c3cccnc3)=CN=I2)CC(c2cncc(-c3cccnc3)c2)C=C1c1cncc(-c2cccnc2)c1. The third-order valence-electron chi connectivity index (χ3n) is 7.31. The first-order chi connectivity index (χ1) is 20.8. The first-order valence-corrected chi connectivity index (χ1v) is 15.6. The number of allylic oxidation sites excluding steroid dienone is 7. The predicted octanol–water partition coefficient (Wildman–Crippen LogP) is 8.59. The summed E-state index contributed by atoms with van der Waals surface area (Å²) < 4.78 is 6.17. The quantitative estimate of drug-likeness (QED) is 0.171. The number of nitrogens with zero attached hydrogens (tertiary/aromatic N) is 6. The third-order valence-corrected chi connectivity index (χ3v) is 9.39. The first-order valence-electron chi connectivity index (χ1n) is 13.6. The second kappa shape index (κ2) is 12.0. The molecule has 1 aliphatic carbocycles. The Kier molecular flexibility index (Phi) is 7.47. The van der Waals surface area contributed by atoms with E-state index in [1.165, 1.54) is 14.7 Å². The van der Waals surface area contributed by atoms with Crippen LogP contribution in [0, 0.1) is 0 Å². The lowest BCUT2D eigenvalue weighted by molar-refractivity contribution is 0.825. The smallest absolute Gasteiger partial charge is 0.0409 e. The molecule has 1 atom stereocenters. The molecule has 7 heteroatoms. The van der Waals surface area contributed by atoms with Crippen molar-refractivity contribution < 1.29 is 0 Å². The van der Waals surface area contributed by atoms with Gasteiger partial charge in [-0.1, -0.05) is 30.4 Å². The van der Waals surface area contributed by atoms with E-state index in [0.29, 0.717) is 0 Å². The zero-order valence-electron chi connectivity index (χ0n) is 22.5. The van der Waals surface area contributed by atoms with E-state index in [4.69, 9.17) is 3.15 Å². The molecule has 0 radical (unpaired) electrons. The fourth-order valence-electron chi connectivity index (χ4n) is 5.17. The van der Waals surface area contributed by atoms with Gasteiger partial charge in [-0.3, -0.25) is 24.9 Å². The lowest BCUT2D eigenvalue weighted by Gasteiger charge is -2.24. The standard InChI is InChI=1S/C35H25IN6/c1-4-24(16-37-7-1)30-13-32(21-40-19-30)27-10-28(33-14-31(20-41-22-33)25-5-2-8-38-17-25)12-29(11-27)35-15-34(23-42-36-35)26-6-3-9-39-18-26/h1-11,13-23,28H,12H2. The molecule has 0 aromatic carbocycles. The normalized spacial score (nSPS) is 16.4. The number of halogens is 1. The summed E-state index contributed by atoms with van der Waals surface area (Å²) in [6.45, 7) is 0. The van der Waals surface area contributed by atoms with E-state index in [1.54, 1.807) is 18.6 Å². The number of rotatable bonds is 6. The Morgan fingerprint density at radius 2 is 1.19 bits per heavy atom. The van der Waals surface area contributed by atoms with Crippen LogP contribution in [-0.2, 0) is 0 Å². The second-order valence-corrected chi connectivity index (χ2v) is 12.3. The van der Waals surface area contributed by atoms with Crippen molar-refractivity contribution in [1.82, 2.24) is 24.9 Å². The highest BCUT2D eigenvalue weighted by Crippen LogP contribution is 2.43. The van der Waals surface area contributed by atoms with Gasteiger partial charge < -0.3 is 0 Å². The number of pyridine rings is 5. The molecule has 6 nitrogen and oxygen atoms in total. The van der Waals surface area contributed by atoms with Crippen molar-refractivity contribution in [3.8, 4) is 22.3 Å². The summed E-state index contributed by atoms with van der Waals surface area (Å²) >= 11 is -0.515. The summed E-state index contributed by atoms with van der Waals surface area (Å²) in [7, 11) is 0. The Labute approximate surface area is 254 Å². The molecule has 1 aliphatic heterocycles. The van der Waals surface area contributed by atoms with Crippen LogP contribution < -0.4 is 0 Å². The lowest BCUT2D eigenvalue weighted by atomic mass is 9.83.